The van der Waals surface area contributed by atoms with Crippen LogP contribution in [0.4, 0.5) is 0 Å². The van der Waals surface area contributed by atoms with Crippen molar-refractivity contribution < 1.29 is 5.11 Å². The third kappa shape index (κ3) is 4.20. The Balaban J connectivity index is 2.09. The second-order valence-electron chi connectivity index (χ2n) is 4.16. The number of thioether (sulfide) groups is 1. The number of hydrogen-bond acceptors (Lipinski definition) is 3. The molecule has 84 valence electrons. The molecule has 0 aromatic carbocycles. The van der Waals surface area contributed by atoms with Gasteiger partial charge in [0, 0.05) is 12.1 Å². The van der Waals surface area contributed by atoms with Crippen molar-refractivity contribution in [3.8, 4) is 0 Å². The van der Waals surface area contributed by atoms with E-state index in [0.717, 1.165) is 12.8 Å². The summed E-state index contributed by atoms with van der Waals surface area (Å²) in [7, 11) is 0. The number of nitrogens with one attached hydrogen (secondary N) is 1. The number of aliphatic hydroxyl groups is 1. The quantitative estimate of drug-likeness (QED) is 0.668. The van der Waals surface area contributed by atoms with E-state index in [9.17, 15) is 5.11 Å². The lowest BCUT2D eigenvalue weighted by Crippen LogP contribution is -2.41. The zero-order valence-corrected chi connectivity index (χ0v) is 10.1. The molecule has 0 spiro atoms. The van der Waals surface area contributed by atoms with Crippen LogP contribution in [0.1, 0.15) is 39.5 Å². The van der Waals surface area contributed by atoms with Gasteiger partial charge in [0.1, 0.15) is 0 Å². The van der Waals surface area contributed by atoms with Gasteiger partial charge in [-0.2, -0.15) is 11.8 Å². The summed E-state index contributed by atoms with van der Waals surface area (Å²) in [5, 5.41) is 13.2. The molecule has 2 N–H and O–H groups in total. The molecule has 1 rings (SSSR count). The molecular weight excluding hydrogens is 194 g/mol. The standard InChI is InChI=1S/C11H23NOS/c1-3-14-8-7-9(2)12-10-5-4-6-11(10)13/h9-13H,3-8H2,1-2H3/t9?,10-,11-/m0/s1. The molecule has 2 nitrogen and oxygen atoms in total. The van der Waals surface area contributed by atoms with Gasteiger partial charge in [-0.15, -0.1) is 0 Å². The minimum absolute atomic E-state index is 0.101. The van der Waals surface area contributed by atoms with Crippen LogP contribution in [-0.2, 0) is 0 Å². The molecule has 0 bridgehead atoms. The Labute approximate surface area is 91.9 Å². The molecule has 1 aliphatic rings. The Kier molecular flexibility index (Phi) is 5.90. The molecule has 0 aromatic heterocycles. The van der Waals surface area contributed by atoms with E-state index in [1.54, 1.807) is 0 Å². The zero-order valence-electron chi connectivity index (χ0n) is 9.33. The fourth-order valence-corrected chi connectivity index (χ4v) is 2.80. The maximum absolute atomic E-state index is 9.64. The van der Waals surface area contributed by atoms with Crippen LogP contribution in [0.25, 0.3) is 0 Å². The second-order valence-corrected chi connectivity index (χ2v) is 5.55. The van der Waals surface area contributed by atoms with E-state index in [-0.39, 0.29) is 6.10 Å². The zero-order chi connectivity index (χ0) is 10.4. The highest BCUT2D eigenvalue weighted by Crippen LogP contribution is 2.19. The molecule has 0 amide bonds. The van der Waals surface area contributed by atoms with Crippen LogP contribution < -0.4 is 5.32 Å². The molecule has 14 heavy (non-hydrogen) atoms. The second kappa shape index (κ2) is 6.70. The summed E-state index contributed by atoms with van der Waals surface area (Å²) < 4.78 is 0. The normalized spacial score (nSPS) is 29.4. The Morgan fingerprint density at radius 2 is 2.29 bits per heavy atom. The summed E-state index contributed by atoms with van der Waals surface area (Å²) in [6, 6.07) is 0.906. The maximum atomic E-state index is 9.64. The molecule has 0 saturated heterocycles. The van der Waals surface area contributed by atoms with Crippen LogP contribution in [0.3, 0.4) is 0 Å². The van der Waals surface area contributed by atoms with Crippen LogP contribution in [0.15, 0.2) is 0 Å². The molecule has 1 fully saturated rings. The van der Waals surface area contributed by atoms with Gasteiger partial charge >= 0.3 is 0 Å². The predicted octanol–water partition coefficient (Wildman–Crippen LogP) is 2.02. The SMILES string of the molecule is CCSCCC(C)N[C@H]1CCC[C@@H]1O. The topological polar surface area (TPSA) is 32.3 Å². The Bertz CT molecular complexity index is 154. The first-order valence-electron chi connectivity index (χ1n) is 5.76. The summed E-state index contributed by atoms with van der Waals surface area (Å²) in [5.41, 5.74) is 0. The molecular formula is C11H23NOS. The van der Waals surface area contributed by atoms with Gasteiger partial charge in [-0.1, -0.05) is 6.92 Å². The Morgan fingerprint density at radius 3 is 2.86 bits per heavy atom. The Morgan fingerprint density at radius 1 is 1.50 bits per heavy atom. The summed E-state index contributed by atoms with van der Waals surface area (Å²) in [4.78, 5) is 0. The van der Waals surface area contributed by atoms with Crippen LogP contribution in [0, 0.1) is 0 Å². The predicted molar refractivity (Wildman–Crippen MR) is 63.9 cm³/mol. The fourth-order valence-electron chi connectivity index (χ4n) is 1.99. The van der Waals surface area contributed by atoms with Crippen molar-refractivity contribution in [3.05, 3.63) is 0 Å². The highest BCUT2D eigenvalue weighted by molar-refractivity contribution is 7.99. The van der Waals surface area contributed by atoms with Crippen molar-refractivity contribution in [2.45, 2.75) is 57.7 Å². The third-order valence-electron chi connectivity index (χ3n) is 2.88. The minimum atomic E-state index is -0.101. The highest BCUT2D eigenvalue weighted by atomic mass is 32.2. The van der Waals surface area contributed by atoms with Crippen LogP contribution in [0.2, 0.25) is 0 Å². The van der Waals surface area contributed by atoms with E-state index in [0.29, 0.717) is 12.1 Å². The Hall–Kier alpha value is 0.270. The van der Waals surface area contributed by atoms with E-state index in [4.69, 9.17) is 0 Å². The molecule has 1 unspecified atom stereocenters. The summed E-state index contributed by atoms with van der Waals surface area (Å²) in [5.74, 6) is 2.44. The first kappa shape index (κ1) is 12.3. The molecule has 0 aromatic rings. The first-order chi connectivity index (χ1) is 6.74. The number of aliphatic hydroxyl groups excluding tert-OH is 1. The van der Waals surface area contributed by atoms with E-state index in [1.165, 1.54) is 24.3 Å². The van der Waals surface area contributed by atoms with Gasteiger partial charge in [0.05, 0.1) is 6.10 Å². The minimum Gasteiger partial charge on any atom is -0.392 e. The molecule has 1 saturated carbocycles. The molecule has 1 aliphatic carbocycles. The smallest absolute Gasteiger partial charge is 0.0693 e. The van der Waals surface area contributed by atoms with Crippen LogP contribution in [-0.4, -0.2) is 34.8 Å². The van der Waals surface area contributed by atoms with Gasteiger partial charge < -0.3 is 10.4 Å². The van der Waals surface area contributed by atoms with Gasteiger partial charge in [0.25, 0.3) is 0 Å². The molecule has 0 radical (unpaired) electrons. The van der Waals surface area contributed by atoms with Crippen molar-refractivity contribution in [1.82, 2.24) is 5.32 Å². The van der Waals surface area contributed by atoms with Gasteiger partial charge in [0.2, 0.25) is 0 Å². The lowest BCUT2D eigenvalue weighted by Gasteiger charge is -2.21. The van der Waals surface area contributed by atoms with E-state index < -0.39 is 0 Å². The van der Waals surface area contributed by atoms with Crippen molar-refractivity contribution in [3.63, 3.8) is 0 Å². The largest absolute Gasteiger partial charge is 0.392 e. The lowest BCUT2D eigenvalue weighted by atomic mass is 10.1. The van der Waals surface area contributed by atoms with E-state index in [2.05, 4.69) is 19.2 Å². The van der Waals surface area contributed by atoms with Crippen LogP contribution in [0.5, 0.6) is 0 Å². The van der Waals surface area contributed by atoms with Crippen molar-refractivity contribution in [1.29, 1.82) is 0 Å². The van der Waals surface area contributed by atoms with Gasteiger partial charge in [0.15, 0.2) is 0 Å². The van der Waals surface area contributed by atoms with Gasteiger partial charge in [-0.05, 0) is 44.1 Å². The monoisotopic (exact) mass is 217 g/mol. The maximum Gasteiger partial charge on any atom is 0.0693 e. The third-order valence-corrected chi connectivity index (χ3v) is 3.81. The molecule has 3 heteroatoms. The number of rotatable bonds is 6. The molecule has 3 atom stereocenters. The lowest BCUT2D eigenvalue weighted by molar-refractivity contribution is 0.143. The van der Waals surface area contributed by atoms with Gasteiger partial charge in [-0.3, -0.25) is 0 Å². The summed E-state index contributed by atoms with van der Waals surface area (Å²) in [6.07, 6.45) is 4.41. The van der Waals surface area contributed by atoms with Crippen molar-refractivity contribution in [2.75, 3.05) is 11.5 Å². The summed E-state index contributed by atoms with van der Waals surface area (Å²) in [6.45, 7) is 4.42. The van der Waals surface area contributed by atoms with Crippen LogP contribution >= 0.6 is 11.8 Å². The molecule has 0 aliphatic heterocycles. The van der Waals surface area contributed by atoms with Crippen molar-refractivity contribution >= 4 is 11.8 Å². The molecule has 0 heterocycles. The first-order valence-corrected chi connectivity index (χ1v) is 6.91. The van der Waals surface area contributed by atoms with Crippen molar-refractivity contribution in [2.24, 2.45) is 0 Å². The fraction of sp³-hybridized carbons (Fsp3) is 1.00. The van der Waals surface area contributed by atoms with Gasteiger partial charge in [-0.25, -0.2) is 0 Å². The highest BCUT2D eigenvalue weighted by Gasteiger charge is 2.25. The average Bonchev–Trinajstić information content (AvgIpc) is 2.52. The number of hydrogen-bond donors (Lipinski definition) is 2. The average molecular weight is 217 g/mol. The van der Waals surface area contributed by atoms with E-state index >= 15 is 0 Å². The van der Waals surface area contributed by atoms with E-state index in [1.807, 2.05) is 11.8 Å². The summed E-state index contributed by atoms with van der Waals surface area (Å²) >= 11 is 1.99.